The second-order valence-corrected chi connectivity index (χ2v) is 5.48. The van der Waals surface area contributed by atoms with Crippen LogP contribution in [-0.4, -0.2) is 36.2 Å². The van der Waals surface area contributed by atoms with Crippen LogP contribution in [0.3, 0.4) is 0 Å². The first kappa shape index (κ1) is 14.5. The molecule has 2 aromatic rings. The van der Waals surface area contributed by atoms with E-state index in [1.165, 1.54) is 0 Å². The Balaban J connectivity index is 1.85. The largest absolute Gasteiger partial charge is 0.341 e. The third kappa shape index (κ3) is 3.42. The van der Waals surface area contributed by atoms with E-state index in [2.05, 4.69) is 4.99 Å². The van der Waals surface area contributed by atoms with E-state index in [0.29, 0.717) is 0 Å². The molecular weight excluding hydrogens is 272 g/mol. The first-order valence-electron chi connectivity index (χ1n) is 7.77. The van der Waals surface area contributed by atoms with Crippen molar-refractivity contribution in [2.75, 3.05) is 19.6 Å². The van der Waals surface area contributed by atoms with Gasteiger partial charge in [0.25, 0.3) is 0 Å². The zero-order valence-electron chi connectivity index (χ0n) is 12.6. The van der Waals surface area contributed by atoms with Gasteiger partial charge in [0.2, 0.25) is 5.91 Å². The molecule has 0 aromatic heterocycles. The molecule has 1 aliphatic heterocycles. The van der Waals surface area contributed by atoms with Gasteiger partial charge in [0.1, 0.15) is 6.54 Å². The minimum Gasteiger partial charge on any atom is -0.341 e. The lowest BCUT2D eigenvalue weighted by atomic mass is 10.0. The number of carbonyl (C=O) groups is 1. The van der Waals surface area contributed by atoms with Gasteiger partial charge < -0.3 is 4.90 Å². The molecule has 112 valence electrons. The summed E-state index contributed by atoms with van der Waals surface area (Å²) >= 11 is 0. The maximum absolute atomic E-state index is 12.2. The van der Waals surface area contributed by atoms with Crippen molar-refractivity contribution in [3.63, 3.8) is 0 Å². The number of hydrogen-bond donors (Lipinski definition) is 0. The molecule has 3 rings (SSSR count). The quantitative estimate of drug-likeness (QED) is 0.797. The van der Waals surface area contributed by atoms with Crippen LogP contribution in [0.1, 0.15) is 24.0 Å². The van der Waals surface area contributed by atoms with E-state index in [1.807, 2.05) is 65.6 Å². The fraction of sp³-hybridized carbons (Fsp3) is 0.263. The van der Waals surface area contributed by atoms with Crippen molar-refractivity contribution < 1.29 is 4.79 Å². The lowest BCUT2D eigenvalue weighted by Crippen LogP contribution is -2.30. The van der Waals surface area contributed by atoms with Gasteiger partial charge in [0.05, 0.1) is 5.71 Å². The van der Waals surface area contributed by atoms with Gasteiger partial charge in [0.15, 0.2) is 0 Å². The van der Waals surface area contributed by atoms with Gasteiger partial charge in [-0.25, -0.2) is 0 Å². The Hall–Kier alpha value is -2.42. The van der Waals surface area contributed by atoms with Gasteiger partial charge in [0, 0.05) is 24.2 Å². The van der Waals surface area contributed by atoms with Crippen molar-refractivity contribution in [2.45, 2.75) is 12.8 Å². The highest BCUT2D eigenvalue weighted by Gasteiger charge is 2.17. The Morgan fingerprint density at radius 3 is 1.86 bits per heavy atom. The molecule has 1 saturated heterocycles. The standard InChI is InChI=1S/C19H20N2O/c22-18(21-13-7-8-14-21)15-20-19(16-9-3-1-4-10-16)17-11-5-2-6-12-17/h1-6,9-12H,7-8,13-15H2. The van der Waals surface area contributed by atoms with Crippen molar-refractivity contribution in [1.82, 2.24) is 4.90 Å². The van der Waals surface area contributed by atoms with E-state index in [9.17, 15) is 4.79 Å². The lowest BCUT2D eigenvalue weighted by Gasteiger charge is -2.14. The molecule has 22 heavy (non-hydrogen) atoms. The van der Waals surface area contributed by atoms with E-state index >= 15 is 0 Å². The smallest absolute Gasteiger partial charge is 0.244 e. The first-order chi connectivity index (χ1) is 10.8. The van der Waals surface area contributed by atoms with Crippen molar-refractivity contribution in [2.24, 2.45) is 4.99 Å². The summed E-state index contributed by atoms with van der Waals surface area (Å²) in [5.74, 6) is 0.127. The van der Waals surface area contributed by atoms with Crippen LogP contribution in [-0.2, 0) is 4.79 Å². The number of amides is 1. The number of aliphatic imine (C=N–C) groups is 1. The monoisotopic (exact) mass is 292 g/mol. The fourth-order valence-electron chi connectivity index (χ4n) is 2.75. The molecule has 3 nitrogen and oxygen atoms in total. The summed E-state index contributed by atoms with van der Waals surface area (Å²) in [6, 6.07) is 20.1. The Morgan fingerprint density at radius 2 is 1.36 bits per heavy atom. The number of nitrogens with zero attached hydrogens (tertiary/aromatic N) is 2. The van der Waals surface area contributed by atoms with Crippen molar-refractivity contribution in [1.29, 1.82) is 0 Å². The molecular formula is C19H20N2O. The van der Waals surface area contributed by atoms with Crippen LogP contribution >= 0.6 is 0 Å². The number of likely N-dealkylation sites (tertiary alicyclic amines) is 1. The maximum atomic E-state index is 12.2. The second-order valence-electron chi connectivity index (χ2n) is 5.48. The van der Waals surface area contributed by atoms with E-state index in [4.69, 9.17) is 0 Å². The molecule has 0 unspecified atom stereocenters. The molecule has 1 aliphatic rings. The second kappa shape index (κ2) is 7.03. The highest BCUT2D eigenvalue weighted by molar-refractivity contribution is 6.13. The Kier molecular flexibility index (Phi) is 4.64. The topological polar surface area (TPSA) is 32.7 Å². The van der Waals surface area contributed by atoms with Gasteiger partial charge in [-0.2, -0.15) is 0 Å². The van der Waals surface area contributed by atoms with E-state index in [-0.39, 0.29) is 12.5 Å². The zero-order valence-corrected chi connectivity index (χ0v) is 12.6. The zero-order chi connectivity index (χ0) is 15.2. The number of carbonyl (C=O) groups excluding carboxylic acids is 1. The highest BCUT2D eigenvalue weighted by atomic mass is 16.2. The summed E-state index contributed by atoms with van der Waals surface area (Å²) in [6.45, 7) is 1.97. The summed E-state index contributed by atoms with van der Waals surface area (Å²) in [6.07, 6.45) is 2.22. The minimum absolute atomic E-state index is 0.127. The van der Waals surface area contributed by atoms with Crippen LogP contribution in [0.15, 0.2) is 65.7 Å². The van der Waals surface area contributed by atoms with E-state index < -0.39 is 0 Å². The summed E-state index contributed by atoms with van der Waals surface area (Å²) < 4.78 is 0. The molecule has 2 aromatic carbocycles. The number of rotatable bonds is 4. The van der Waals surface area contributed by atoms with E-state index in [0.717, 1.165) is 42.8 Å². The third-order valence-electron chi connectivity index (χ3n) is 3.93. The van der Waals surface area contributed by atoms with Crippen molar-refractivity contribution >= 4 is 11.6 Å². The van der Waals surface area contributed by atoms with Crippen LogP contribution in [0.25, 0.3) is 0 Å². The van der Waals surface area contributed by atoms with Crippen molar-refractivity contribution in [3.05, 3.63) is 71.8 Å². The van der Waals surface area contributed by atoms with Gasteiger partial charge in [-0.1, -0.05) is 60.7 Å². The van der Waals surface area contributed by atoms with Crippen LogP contribution < -0.4 is 0 Å². The Morgan fingerprint density at radius 1 is 0.864 bits per heavy atom. The van der Waals surface area contributed by atoms with Crippen LogP contribution in [0.4, 0.5) is 0 Å². The molecule has 0 bridgehead atoms. The normalized spacial score (nSPS) is 13.9. The molecule has 1 fully saturated rings. The van der Waals surface area contributed by atoms with Gasteiger partial charge >= 0.3 is 0 Å². The molecule has 0 N–H and O–H groups in total. The molecule has 0 radical (unpaired) electrons. The molecule has 1 amide bonds. The number of hydrogen-bond acceptors (Lipinski definition) is 2. The van der Waals surface area contributed by atoms with Crippen molar-refractivity contribution in [3.8, 4) is 0 Å². The van der Waals surface area contributed by atoms with Crippen LogP contribution in [0.2, 0.25) is 0 Å². The Bertz CT molecular complexity index is 602. The average molecular weight is 292 g/mol. The molecule has 0 spiro atoms. The summed E-state index contributed by atoms with van der Waals surface area (Å²) in [7, 11) is 0. The van der Waals surface area contributed by atoms with Gasteiger partial charge in [-0.05, 0) is 12.8 Å². The van der Waals surface area contributed by atoms with E-state index in [1.54, 1.807) is 0 Å². The summed E-state index contributed by atoms with van der Waals surface area (Å²) in [4.78, 5) is 18.8. The Labute approximate surface area is 131 Å². The van der Waals surface area contributed by atoms with Crippen LogP contribution in [0, 0.1) is 0 Å². The lowest BCUT2D eigenvalue weighted by molar-refractivity contribution is -0.128. The molecule has 3 heteroatoms. The molecule has 0 atom stereocenters. The van der Waals surface area contributed by atoms with Gasteiger partial charge in [-0.15, -0.1) is 0 Å². The van der Waals surface area contributed by atoms with Gasteiger partial charge in [-0.3, -0.25) is 9.79 Å². The predicted molar refractivity (Wildman–Crippen MR) is 89.2 cm³/mol. The minimum atomic E-state index is 0.127. The van der Waals surface area contributed by atoms with Crippen LogP contribution in [0.5, 0.6) is 0 Å². The first-order valence-corrected chi connectivity index (χ1v) is 7.77. The maximum Gasteiger partial charge on any atom is 0.244 e. The molecule has 0 aliphatic carbocycles. The molecule has 0 saturated carbocycles. The number of benzene rings is 2. The molecule has 1 heterocycles. The average Bonchev–Trinajstić information content (AvgIpc) is 3.11. The third-order valence-corrected chi connectivity index (χ3v) is 3.93. The predicted octanol–water partition coefficient (Wildman–Crippen LogP) is 3.15. The highest BCUT2D eigenvalue weighted by Crippen LogP contribution is 2.12. The SMILES string of the molecule is O=C(CN=C(c1ccccc1)c1ccccc1)N1CCCC1. The summed E-state index contributed by atoms with van der Waals surface area (Å²) in [5, 5.41) is 0. The summed E-state index contributed by atoms with van der Waals surface area (Å²) in [5.41, 5.74) is 2.97. The fourth-order valence-corrected chi connectivity index (χ4v) is 2.75.